The van der Waals surface area contributed by atoms with Crippen molar-refractivity contribution < 1.29 is 4.79 Å². The van der Waals surface area contributed by atoms with E-state index < -0.39 is 0 Å². The number of rotatable bonds is 5. The first-order valence-corrected chi connectivity index (χ1v) is 7.28. The van der Waals surface area contributed by atoms with Crippen LogP contribution in [0.15, 0.2) is 0 Å². The van der Waals surface area contributed by atoms with Gasteiger partial charge in [-0.3, -0.25) is 9.69 Å². The van der Waals surface area contributed by atoms with Crippen LogP contribution in [-0.2, 0) is 4.79 Å². The average Bonchev–Trinajstić information content (AvgIpc) is 3.10. The lowest BCUT2D eigenvalue weighted by Gasteiger charge is -2.43. The summed E-state index contributed by atoms with van der Waals surface area (Å²) in [4.78, 5) is 16.6. The maximum absolute atomic E-state index is 11.6. The number of carbonyl (C=O) groups is 1. The fourth-order valence-corrected chi connectivity index (χ4v) is 2.67. The number of nitrogens with one attached hydrogen (secondary N) is 2. The normalized spacial score (nSPS) is 26.9. The Morgan fingerprint density at radius 2 is 1.89 bits per heavy atom. The largest absolute Gasteiger partial charge is 0.353 e. The Labute approximate surface area is 109 Å². The van der Waals surface area contributed by atoms with Crippen LogP contribution < -0.4 is 10.6 Å². The molecule has 2 saturated heterocycles. The van der Waals surface area contributed by atoms with E-state index in [2.05, 4.69) is 20.4 Å². The molecule has 0 unspecified atom stereocenters. The molecule has 102 valence electrons. The van der Waals surface area contributed by atoms with Gasteiger partial charge in [-0.05, 0) is 12.8 Å². The van der Waals surface area contributed by atoms with Crippen molar-refractivity contribution in [2.24, 2.45) is 0 Å². The number of amides is 1. The van der Waals surface area contributed by atoms with Gasteiger partial charge in [0, 0.05) is 64.3 Å². The van der Waals surface area contributed by atoms with Gasteiger partial charge < -0.3 is 15.5 Å². The van der Waals surface area contributed by atoms with Gasteiger partial charge in [-0.1, -0.05) is 0 Å². The average molecular weight is 252 g/mol. The summed E-state index contributed by atoms with van der Waals surface area (Å²) < 4.78 is 0. The summed E-state index contributed by atoms with van der Waals surface area (Å²) in [7, 11) is 0. The number of hydrogen-bond acceptors (Lipinski definition) is 4. The summed E-state index contributed by atoms with van der Waals surface area (Å²) in [6, 6.07) is 1.27. The third-order valence-electron chi connectivity index (χ3n) is 4.28. The predicted molar refractivity (Wildman–Crippen MR) is 70.5 cm³/mol. The van der Waals surface area contributed by atoms with Crippen LogP contribution in [0.3, 0.4) is 0 Å². The van der Waals surface area contributed by atoms with Crippen molar-refractivity contribution in [3.05, 3.63) is 0 Å². The van der Waals surface area contributed by atoms with E-state index in [0.29, 0.717) is 12.5 Å². The van der Waals surface area contributed by atoms with E-state index in [4.69, 9.17) is 0 Å². The highest BCUT2D eigenvalue weighted by Crippen LogP contribution is 2.18. The van der Waals surface area contributed by atoms with E-state index in [0.717, 1.165) is 51.9 Å². The second kappa shape index (κ2) is 5.55. The van der Waals surface area contributed by atoms with Gasteiger partial charge in [-0.2, -0.15) is 0 Å². The maximum Gasteiger partial charge on any atom is 0.221 e. The molecule has 2 N–H and O–H groups in total. The molecular weight excluding hydrogens is 228 g/mol. The zero-order valence-electron chi connectivity index (χ0n) is 11.0. The first-order chi connectivity index (χ1) is 8.81. The molecule has 2 heterocycles. The lowest BCUT2D eigenvalue weighted by Crippen LogP contribution is -2.61. The quantitative estimate of drug-likeness (QED) is 0.675. The van der Waals surface area contributed by atoms with E-state index in [1.165, 1.54) is 12.8 Å². The third-order valence-corrected chi connectivity index (χ3v) is 4.28. The van der Waals surface area contributed by atoms with Crippen LogP contribution in [0, 0.1) is 0 Å². The highest BCUT2D eigenvalue weighted by atomic mass is 16.1. The molecule has 0 radical (unpaired) electrons. The Hall–Kier alpha value is -0.650. The lowest BCUT2D eigenvalue weighted by molar-refractivity contribution is -0.121. The minimum Gasteiger partial charge on any atom is -0.353 e. The second-order valence-corrected chi connectivity index (χ2v) is 5.78. The van der Waals surface area contributed by atoms with E-state index in [9.17, 15) is 4.79 Å². The van der Waals surface area contributed by atoms with Crippen molar-refractivity contribution in [2.45, 2.75) is 31.3 Å². The van der Waals surface area contributed by atoms with Crippen molar-refractivity contribution in [1.29, 1.82) is 0 Å². The van der Waals surface area contributed by atoms with Gasteiger partial charge in [0.15, 0.2) is 0 Å². The third kappa shape index (κ3) is 3.22. The number of nitrogens with zero attached hydrogens (tertiary/aromatic N) is 2. The van der Waals surface area contributed by atoms with Crippen molar-refractivity contribution in [3.8, 4) is 0 Å². The summed E-state index contributed by atoms with van der Waals surface area (Å²) in [5.41, 5.74) is 0. The number of hydrogen-bond donors (Lipinski definition) is 2. The fraction of sp³-hybridized carbons (Fsp3) is 0.923. The molecule has 0 spiro atoms. The molecule has 3 rings (SSSR count). The van der Waals surface area contributed by atoms with Crippen LogP contribution in [0.5, 0.6) is 0 Å². The molecule has 1 saturated carbocycles. The molecule has 0 aromatic rings. The zero-order valence-corrected chi connectivity index (χ0v) is 11.0. The van der Waals surface area contributed by atoms with Crippen LogP contribution in [0.2, 0.25) is 0 Å². The highest BCUT2D eigenvalue weighted by molar-refractivity contribution is 5.76. The van der Waals surface area contributed by atoms with Crippen molar-refractivity contribution in [3.63, 3.8) is 0 Å². The first kappa shape index (κ1) is 12.4. The van der Waals surface area contributed by atoms with Gasteiger partial charge in [0.1, 0.15) is 0 Å². The minimum atomic E-state index is 0.239. The van der Waals surface area contributed by atoms with E-state index in [1.807, 2.05) is 0 Å². The van der Waals surface area contributed by atoms with E-state index >= 15 is 0 Å². The molecule has 0 atom stereocenters. The predicted octanol–water partition coefficient (Wildman–Crippen LogP) is -0.755. The van der Waals surface area contributed by atoms with Gasteiger partial charge in [-0.25, -0.2) is 0 Å². The highest BCUT2D eigenvalue weighted by Gasteiger charge is 2.28. The molecule has 1 aliphatic carbocycles. The Bertz CT molecular complexity index is 293. The van der Waals surface area contributed by atoms with Crippen LogP contribution in [-0.4, -0.2) is 73.6 Å². The Morgan fingerprint density at radius 3 is 2.44 bits per heavy atom. The molecule has 5 heteroatoms. The summed E-state index contributed by atoms with van der Waals surface area (Å²) in [6.07, 6.45) is 3.03. The van der Waals surface area contributed by atoms with Crippen LogP contribution in [0.25, 0.3) is 0 Å². The van der Waals surface area contributed by atoms with E-state index in [-0.39, 0.29) is 5.91 Å². The monoisotopic (exact) mass is 252 g/mol. The molecule has 3 aliphatic rings. The van der Waals surface area contributed by atoms with Crippen LogP contribution in [0.4, 0.5) is 0 Å². The van der Waals surface area contributed by atoms with Gasteiger partial charge in [0.05, 0.1) is 0 Å². The molecule has 18 heavy (non-hydrogen) atoms. The van der Waals surface area contributed by atoms with Gasteiger partial charge >= 0.3 is 0 Å². The molecule has 1 amide bonds. The SMILES string of the molecule is O=C(CCN1CCN(C2CNC2)CC1)NC1CC1. The summed E-state index contributed by atoms with van der Waals surface area (Å²) >= 11 is 0. The molecule has 0 aromatic heterocycles. The Morgan fingerprint density at radius 1 is 1.17 bits per heavy atom. The molecule has 5 nitrogen and oxygen atoms in total. The van der Waals surface area contributed by atoms with Crippen molar-refractivity contribution in [2.75, 3.05) is 45.8 Å². The second-order valence-electron chi connectivity index (χ2n) is 5.78. The Balaban J connectivity index is 1.30. The smallest absolute Gasteiger partial charge is 0.221 e. The fourth-order valence-electron chi connectivity index (χ4n) is 2.67. The Kier molecular flexibility index (Phi) is 3.82. The topological polar surface area (TPSA) is 47.6 Å². The van der Waals surface area contributed by atoms with E-state index in [1.54, 1.807) is 0 Å². The molecule has 2 aliphatic heterocycles. The van der Waals surface area contributed by atoms with Gasteiger partial charge in [0.25, 0.3) is 0 Å². The zero-order chi connectivity index (χ0) is 12.4. The number of piperazine rings is 1. The van der Waals surface area contributed by atoms with Crippen molar-refractivity contribution >= 4 is 5.91 Å². The van der Waals surface area contributed by atoms with Gasteiger partial charge in [0.2, 0.25) is 5.91 Å². The minimum absolute atomic E-state index is 0.239. The van der Waals surface area contributed by atoms with Crippen LogP contribution in [0.1, 0.15) is 19.3 Å². The summed E-state index contributed by atoms with van der Waals surface area (Å²) in [6.45, 7) is 7.80. The maximum atomic E-state index is 11.6. The first-order valence-electron chi connectivity index (χ1n) is 7.28. The molecule has 0 bridgehead atoms. The summed E-state index contributed by atoms with van der Waals surface area (Å²) in [5.74, 6) is 0.239. The van der Waals surface area contributed by atoms with Crippen molar-refractivity contribution in [1.82, 2.24) is 20.4 Å². The molecule has 3 fully saturated rings. The standard InChI is InChI=1S/C13H24N4O/c18-13(15-11-1-2-11)3-4-16-5-7-17(8-6-16)12-9-14-10-12/h11-12,14H,1-10H2,(H,15,18). The summed E-state index contributed by atoms with van der Waals surface area (Å²) in [5, 5.41) is 6.38. The molecular formula is C13H24N4O. The lowest BCUT2D eigenvalue weighted by atomic mass is 10.1. The van der Waals surface area contributed by atoms with Gasteiger partial charge in [-0.15, -0.1) is 0 Å². The van der Waals surface area contributed by atoms with Crippen LogP contribution >= 0.6 is 0 Å². The number of carbonyl (C=O) groups excluding carboxylic acids is 1. The molecule has 0 aromatic carbocycles.